The third-order valence-corrected chi connectivity index (χ3v) is 4.04. The van der Waals surface area contributed by atoms with Crippen LogP contribution in [-0.4, -0.2) is 5.91 Å². The normalized spacial score (nSPS) is 10.7. The zero-order valence-corrected chi connectivity index (χ0v) is 15.2. The van der Waals surface area contributed by atoms with Crippen molar-refractivity contribution in [1.82, 2.24) is 0 Å². The molecule has 130 valence electrons. The van der Waals surface area contributed by atoms with Crippen LogP contribution in [0.2, 0.25) is 10.0 Å². The highest BCUT2D eigenvalue weighted by Gasteiger charge is 2.02. The Morgan fingerprint density at radius 3 is 2.27 bits per heavy atom. The minimum absolute atomic E-state index is 0.257. The maximum absolute atomic E-state index is 12.0. The predicted octanol–water partition coefficient (Wildman–Crippen LogP) is 6.44. The molecular formula is C21H15Cl2NO2. The number of benzene rings is 3. The van der Waals surface area contributed by atoms with Gasteiger partial charge in [0, 0.05) is 21.8 Å². The van der Waals surface area contributed by atoms with E-state index < -0.39 is 0 Å². The van der Waals surface area contributed by atoms with Gasteiger partial charge in [-0.05, 0) is 60.2 Å². The van der Waals surface area contributed by atoms with Gasteiger partial charge in [0.25, 0.3) is 0 Å². The van der Waals surface area contributed by atoms with Crippen molar-refractivity contribution in [3.8, 4) is 11.5 Å². The predicted molar refractivity (Wildman–Crippen MR) is 107 cm³/mol. The molecular weight excluding hydrogens is 369 g/mol. The van der Waals surface area contributed by atoms with Crippen molar-refractivity contribution in [2.24, 2.45) is 0 Å². The van der Waals surface area contributed by atoms with Gasteiger partial charge in [0.05, 0.1) is 0 Å². The Morgan fingerprint density at radius 1 is 0.885 bits per heavy atom. The van der Waals surface area contributed by atoms with E-state index in [-0.39, 0.29) is 5.91 Å². The highest BCUT2D eigenvalue weighted by molar-refractivity contribution is 6.35. The van der Waals surface area contributed by atoms with Gasteiger partial charge in [0.1, 0.15) is 11.5 Å². The molecule has 0 aromatic heterocycles. The summed E-state index contributed by atoms with van der Waals surface area (Å²) >= 11 is 11.9. The second-order valence-electron chi connectivity index (χ2n) is 5.43. The first-order valence-electron chi connectivity index (χ1n) is 7.87. The zero-order valence-electron chi connectivity index (χ0n) is 13.7. The summed E-state index contributed by atoms with van der Waals surface area (Å²) in [6.45, 7) is 0. The standard InChI is InChI=1S/C21H15Cl2NO2/c22-16-8-6-15(20(23)14-16)7-13-21(25)24-17-9-11-19(12-10-17)26-18-4-2-1-3-5-18/h1-14H,(H,24,25)/b13-7+. The molecule has 0 atom stereocenters. The third-order valence-electron chi connectivity index (χ3n) is 3.48. The lowest BCUT2D eigenvalue weighted by Crippen LogP contribution is -2.07. The van der Waals surface area contributed by atoms with Crippen LogP contribution in [0.25, 0.3) is 6.08 Å². The summed E-state index contributed by atoms with van der Waals surface area (Å²) in [6.07, 6.45) is 3.06. The summed E-state index contributed by atoms with van der Waals surface area (Å²) in [4.78, 5) is 12.0. The Morgan fingerprint density at radius 2 is 1.58 bits per heavy atom. The maximum atomic E-state index is 12.0. The number of rotatable bonds is 5. The molecule has 0 aliphatic carbocycles. The first kappa shape index (κ1) is 18.1. The largest absolute Gasteiger partial charge is 0.457 e. The SMILES string of the molecule is O=C(/C=C/c1ccc(Cl)cc1Cl)Nc1ccc(Oc2ccccc2)cc1. The zero-order chi connectivity index (χ0) is 18.4. The Hall–Kier alpha value is -2.75. The Labute approximate surface area is 161 Å². The van der Waals surface area contributed by atoms with Gasteiger partial charge in [-0.3, -0.25) is 4.79 Å². The third kappa shape index (κ3) is 5.12. The minimum Gasteiger partial charge on any atom is -0.457 e. The highest BCUT2D eigenvalue weighted by atomic mass is 35.5. The summed E-state index contributed by atoms with van der Waals surface area (Å²) in [6, 6.07) is 21.7. The summed E-state index contributed by atoms with van der Waals surface area (Å²) < 4.78 is 5.71. The van der Waals surface area contributed by atoms with E-state index in [2.05, 4.69) is 5.32 Å². The average Bonchev–Trinajstić information content (AvgIpc) is 2.63. The molecule has 0 aliphatic rings. The minimum atomic E-state index is -0.257. The Balaban J connectivity index is 1.60. The average molecular weight is 384 g/mol. The van der Waals surface area contributed by atoms with E-state index in [1.54, 1.807) is 48.5 Å². The van der Waals surface area contributed by atoms with Crippen molar-refractivity contribution in [3.63, 3.8) is 0 Å². The summed E-state index contributed by atoms with van der Waals surface area (Å²) in [5.41, 5.74) is 1.39. The number of nitrogens with one attached hydrogen (secondary N) is 1. The van der Waals surface area contributed by atoms with E-state index in [0.717, 1.165) is 11.3 Å². The van der Waals surface area contributed by atoms with Crippen LogP contribution >= 0.6 is 23.2 Å². The summed E-state index contributed by atoms with van der Waals surface area (Å²) in [7, 11) is 0. The molecule has 0 saturated heterocycles. The number of para-hydroxylation sites is 1. The van der Waals surface area contributed by atoms with E-state index in [4.69, 9.17) is 27.9 Å². The molecule has 3 rings (SSSR count). The highest BCUT2D eigenvalue weighted by Crippen LogP contribution is 2.23. The van der Waals surface area contributed by atoms with Gasteiger partial charge in [0.2, 0.25) is 5.91 Å². The lowest BCUT2D eigenvalue weighted by atomic mass is 10.2. The number of carbonyl (C=O) groups excluding carboxylic acids is 1. The molecule has 3 aromatic rings. The van der Waals surface area contributed by atoms with E-state index in [9.17, 15) is 4.79 Å². The van der Waals surface area contributed by atoms with Crippen molar-refractivity contribution < 1.29 is 9.53 Å². The molecule has 0 unspecified atom stereocenters. The van der Waals surface area contributed by atoms with Crippen LogP contribution in [0, 0.1) is 0 Å². The lowest BCUT2D eigenvalue weighted by molar-refractivity contribution is -0.111. The van der Waals surface area contributed by atoms with Crippen molar-refractivity contribution in [2.75, 3.05) is 5.32 Å². The summed E-state index contributed by atoms with van der Waals surface area (Å²) in [5.74, 6) is 1.19. The molecule has 0 aliphatic heterocycles. The topological polar surface area (TPSA) is 38.3 Å². The Kier molecular flexibility index (Phi) is 5.95. The van der Waals surface area contributed by atoms with Crippen LogP contribution in [0.1, 0.15) is 5.56 Å². The smallest absolute Gasteiger partial charge is 0.248 e. The van der Waals surface area contributed by atoms with Gasteiger partial charge in [-0.2, -0.15) is 0 Å². The number of amides is 1. The van der Waals surface area contributed by atoms with Gasteiger partial charge >= 0.3 is 0 Å². The van der Waals surface area contributed by atoms with Gasteiger partial charge in [-0.25, -0.2) is 0 Å². The fraction of sp³-hybridized carbons (Fsp3) is 0. The lowest BCUT2D eigenvalue weighted by Gasteiger charge is -2.07. The first-order valence-corrected chi connectivity index (χ1v) is 8.63. The number of hydrogen-bond donors (Lipinski definition) is 1. The molecule has 3 nitrogen and oxygen atoms in total. The monoisotopic (exact) mass is 383 g/mol. The van der Waals surface area contributed by atoms with Crippen molar-refractivity contribution in [2.45, 2.75) is 0 Å². The van der Waals surface area contributed by atoms with Crippen molar-refractivity contribution >= 4 is 40.9 Å². The molecule has 1 amide bonds. The fourth-order valence-corrected chi connectivity index (χ4v) is 2.69. The number of halogens is 2. The van der Waals surface area contributed by atoms with E-state index in [0.29, 0.717) is 21.5 Å². The second kappa shape index (κ2) is 8.56. The molecule has 0 spiro atoms. The molecule has 0 bridgehead atoms. The van der Waals surface area contributed by atoms with Gasteiger partial charge in [-0.15, -0.1) is 0 Å². The van der Waals surface area contributed by atoms with Crippen LogP contribution in [-0.2, 0) is 4.79 Å². The molecule has 3 aromatic carbocycles. The van der Waals surface area contributed by atoms with E-state index in [1.807, 2.05) is 30.3 Å². The molecule has 5 heteroatoms. The van der Waals surface area contributed by atoms with Crippen LogP contribution < -0.4 is 10.1 Å². The number of anilines is 1. The molecule has 0 radical (unpaired) electrons. The van der Waals surface area contributed by atoms with E-state index in [1.165, 1.54) is 6.08 Å². The van der Waals surface area contributed by atoms with Crippen LogP contribution in [0.5, 0.6) is 11.5 Å². The molecule has 26 heavy (non-hydrogen) atoms. The molecule has 0 saturated carbocycles. The summed E-state index contributed by atoms with van der Waals surface area (Å²) in [5, 5.41) is 3.82. The molecule has 0 heterocycles. The quantitative estimate of drug-likeness (QED) is 0.514. The first-order chi connectivity index (χ1) is 12.6. The van der Waals surface area contributed by atoms with Crippen LogP contribution in [0.3, 0.4) is 0 Å². The van der Waals surface area contributed by atoms with Crippen LogP contribution in [0.15, 0.2) is 78.9 Å². The maximum Gasteiger partial charge on any atom is 0.248 e. The number of hydrogen-bond acceptors (Lipinski definition) is 2. The fourth-order valence-electron chi connectivity index (χ4n) is 2.22. The second-order valence-corrected chi connectivity index (χ2v) is 6.27. The van der Waals surface area contributed by atoms with Gasteiger partial charge < -0.3 is 10.1 Å². The van der Waals surface area contributed by atoms with Gasteiger partial charge in [0.15, 0.2) is 0 Å². The molecule has 1 N–H and O–H groups in total. The van der Waals surface area contributed by atoms with E-state index >= 15 is 0 Å². The van der Waals surface area contributed by atoms with Crippen LogP contribution in [0.4, 0.5) is 5.69 Å². The van der Waals surface area contributed by atoms with Gasteiger partial charge in [-0.1, -0.05) is 47.5 Å². The Bertz CT molecular complexity index is 923. The molecule has 0 fully saturated rings. The van der Waals surface area contributed by atoms with Crippen molar-refractivity contribution in [1.29, 1.82) is 0 Å². The number of carbonyl (C=O) groups is 1. The number of ether oxygens (including phenoxy) is 1. The van der Waals surface area contributed by atoms with Crippen molar-refractivity contribution in [3.05, 3.63) is 94.5 Å².